The van der Waals surface area contributed by atoms with Crippen LogP contribution in [0.2, 0.25) is 0 Å². The second-order valence-corrected chi connectivity index (χ2v) is 7.75. The number of carbonyl (C=O) groups is 1. The Kier molecular flexibility index (Phi) is 7.39. The lowest BCUT2D eigenvalue weighted by atomic mass is 10.1. The van der Waals surface area contributed by atoms with E-state index in [1.165, 1.54) is 0 Å². The van der Waals surface area contributed by atoms with Gasteiger partial charge in [-0.05, 0) is 24.1 Å². The van der Waals surface area contributed by atoms with Gasteiger partial charge < -0.3 is 20.5 Å². The zero-order valence-electron chi connectivity index (χ0n) is 13.3. The molecule has 0 aliphatic carbocycles. The molecule has 0 aromatic heterocycles. The van der Waals surface area contributed by atoms with Crippen molar-refractivity contribution in [2.24, 2.45) is 0 Å². The van der Waals surface area contributed by atoms with Gasteiger partial charge >= 0.3 is 6.03 Å². The molecule has 0 saturated carbocycles. The number of ether oxygens (including phenoxy) is 1. The van der Waals surface area contributed by atoms with Crippen LogP contribution in [0.1, 0.15) is 5.56 Å². The van der Waals surface area contributed by atoms with Crippen molar-refractivity contribution in [1.29, 1.82) is 0 Å². The van der Waals surface area contributed by atoms with Crippen molar-refractivity contribution >= 4 is 29.6 Å². The average Bonchev–Trinajstić information content (AvgIpc) is 2.79. The Morgan fingerprint density at radius 3 is 2.48 bits per heavy atom. The molecule has 7 heteroatoms. The fourth-order valence-electron chi connectivity index (χ4n) is 2.21. The van der Waals surface area contributed by atoms with E-state index < -0.39 is 5.60 Å². The topological polar surface area (TPSA) is 70.6 Å². The maximum Gasteiger partial charge on any atom is 0.314 e. The summed E-state index contributed by atoms with van der Waals surface area (Å²) >= 11 is 3.48. The van der Waals surface area contributed by atoms with Crippen molar-refractivity contribution in [3.05, 3.63) is 29.8 Å². The van der Waals surface area contributed by atoms with E-state index in [1.54, 1.807) is 30.6 Å². The zero-order valence-corrected chi connectivity index (χ0v) is 15.0. The third-order valence-electron chi connectivity index (χ3n) is 3.55. The maximum atomic E-state index is 11.8. The summed E-state index contributed by atoms with van der Waals surface area (Å²) in [5, 5.41) is 16.1. The molecule has 2 rings (SSSR count). The Labute approximate surface area is 145 Å². The van der Waals surface area contributed by atoms with E-state index in [1.807, 2.05) is 24.3 Å². The number of hydrogen-bond donors (Lipinski definition) is 3. The number of methoxy groups -OCH3 is 1. The SMILES string of the molecule is COc1ccc(CCNC(=O)NCC2(O)CSCCSC2)cc1. The standard InChI is InChI=1S/C16H24N2O3S2/c1-21-14-4-2-13(3-5-14)6-7-17-15(19)18-10-16(20)11-22-8-9-23-12-16/h2-5,20H,6-12H2,1H3,(H2,17,18,19). The lowest BCUT2D eigenvalue weighted by Crippen LogP contribution is -2.49. The maximum absolute atomic E-state index is 11.8. The second kappa shape index (κ2) is 9.30. The number of rotatable bonds is 6. The minimum atomic E-state index is -0.806. The van der Waals surface area contributed by atoms with Crippen LogP contribution in [-0.2, 0) is 6.42 Å². The Hall–Kier alpha value is -1.05. The molecule has 1 heterocycles. The van der Waals surface area contributed by atoms with Crippen molar-refractivity contribution in [3.8, 4) is 5.75 Å². The van der Waals surface area contributed by atoms with Crippen LogP contribution in [-0.4, -0.2) is 59.9 Å². The van der Waals surface area contributed by atoms with E-state index in [2.05, 4.69) is 10.6 Å². The molecule has 128 valence electrons. The molecule has 1 fully saturated rings. The van der Waals surface area contributed by atoms with Crippen LogP contribution in [0.4, 0.5) is 4.79 Å². The lowest BCUT2D eigenvalue weighted by Gasteiger charge is -2.25. The molecule has 0 radical (unpaired) electrons. The number of nitrogens with one attached hydrogen (secondary N) is 2. The third-order valence-corrected chi connectivity index (χ3v) is 6.28. The number of urea groups is 1. The quantitative estimate of drug-likeness (QED) is 0.724. The van der Waals surface area contributed by atoms with Gasteiger partial charge in [-0.3, -0.25) is 0 Å². The van der Waals surface area contributed by atoms with Crippen LogP contribution < -0.4 is 15.4 Å². The van der Waals surface area contributed by atoms with Gasteiger partial charge in [0.05, 0.1) is 12.7 Å². The van der Waals surface area contributed by atoms with Crippen LogP contribution >= 0.6 is 23.5 Å². The van der Waals surface area contributed by atoms with Gasteiger partial charge in [-0.25, -0.2) is 4.79 Å². The predicted octanol–water partition coefficient (Wildman–Crippen LogP) is 1.75. The van der Waals surface area contributed by atoms with E-state index in [0.717, 1.165) is 29.2 Å². The Bertz CT molecular complexity index is 489. The first-order chi connectivity index (χ1) is 11.1. The fourth-order valence-corrected chi connectivity index (χ4v) is 4.73. The summed E-state index contributed by atoms with van der Waals surface area (Å²) in [5.41, 5.74) is 0.334. The summed E-state index contributed by atoms with van der Waals surface area (Å²) in [6.07, 6.45) is 0.757. The predicted molar refractivity (Wildman–Crippen MR) is 97.7 cm³/mol. The van der Waals surface area contributed by atoms with Crippen molar-refractivity contribution in [2.75, 3.05) is 43.2 Å². The largest absolute Gasteiger partial charge is 0.497 e. The first kappa shape index (κ1) is 18.3. The van der Waals surface area contributed by atoms with E-state index in [0.29, 0.717) is 24.6 Å². The van der Waals surface area contributed by atoms with Gasteiger partial charge in [0.25, 0.3) is 0 Å². The normalized spacial score (nSPS) is 17.1. The molecule has 1 aliphatic heterocycles. The number of benzene rings is 1. The highest BCUT2D eigenvalue weighted by Gasteiger charge is 2.29. The minimum absolute atomic E-state index is 0.230. The van der Waals surface area contributed by atoms with Gasteiger partial charge in [0, 0.05) is 36.1 Å². The molecule has 5 nitrogen and oxygen atoms in total. The molecule has 0 unspecified atom stereocenters. The molecule has 0 bridgehead atoms. The molecule has 1 aromatic carbocycles. The first-order valence-corrected chi connectivity index (χ1v) is 9.95. The van der Waals surface area contributed by atoms with Gasteiger partial charge in [-0.15, -0.1) is 0 Å². The highest BCUT2D eigenvalue weighted by molar-refractivity contribution is 8.03. The fraction of sp³-hybridized carbons (Fsp3) is 0.562. The van der Waals surface area contributed by atoms with Gasteiger partial charge in [0.2, 0.25) is 0 Å². The van der Waals surface area contributed by atoms with Crippen LogP contribution in [0.25, 0.3) is 0 Å². The number of thioether (sulfide) groups is 2. The minimum Gasteiger partial charge on any atom is -0.497 e. The molecular weight excluding hydrogens is 332 g/mol. The average molecular weight is 357 g/mol. The molecule has 3 N–H and O–H groups in total. The number of carbonyl (C=O) groups excluding carboxylic acids is 1. The highest BCUT2D eigenvalue weighted by Crippen LogP contribution is 2.24. The number of aliphatic hydroxyl groups is 1. The molecule has 1 aromatic rings. The molecule has 1 saturated heterocycles. The summed E-state index contributed by atoms with van der Waals surface area (Å²) in [7, 11) is 1.64. The van der Waals surface area contributed by atoms with Gasteiger partial charge in [-0.1, -0.05) is 12.1 Å². The van der Waals surface area contributed by atoms with Crippen LogP contribution in [0.5, 0.6) is 5.75 Å². The van der Waals surface area contributed by atoms with E-state index in [4.69, 9.17) is 4.74 Å². The third kappa shape index (κ3) is 6.53. The summed E-state index contributed by atoms with van der Waals surface area (Å²) in [6, 6.07) is 7.56. The highest BCUT2D eigenvalue weighted by atomic mass is 32.2. The molecule has 0 atom stereocenters. The van der Waals surface area contributed by atoms with Gasteiger partial charge in [0.15, 0.2) is 0 Å². The molecular formula is C16H24N2O3S2. The Morgan fingerprint density at radius 1 is 1.22 bits per heavy atom. The van der Waals surface area contributed by atoms with E-state index in [9.17, 15) is 9.90 Å². The summed E-state index contributed by atoms with van der Waals surface area (Å²) in [5.74, 6) is 4.28. The van der Waals surface area contributed by atoms with Gasteiger partial charge in [-0.2, -0.15) is 23.5 Å². The summed E-state index contributed by atoms with van der Waals surface area (Å²) in [4.78, 5) is 11.8. The van der Waals surface area contributed by atoms with Crippen LogP contribution in [0.3, 0.4) is 0 Å². The van der Waals surface area contributed by atoms with Crippen molar-refractivity contribution in [3.63, 3.8) is 0 Å². The van der Waals surface area contributed by atoms with Crippen LogP contribution in [0, 0.1) is 0 Å². The van der Waals surface area contributed by atoms with E-state index >= 15 is 0 Å². The second-order valence-electron chi connectivity index (χ2n) is 5.54. The summed E-state index contributed by atoms with van der Waals surface area (Å²) in [6.45, 7) is 0.849. The summed E-state index contributed by atoms with van der Waals surface area (Å²) < 4.78 is 5.11. The smallest absolute Gasteiger partial charge is 0.314 e. The monoisotopic (exact) mass is 356 g/mol. The Morgan fingerprint density at radius 2 is 1.87 bits per heavy atom. The van der Waals surface area contributed by atoms with Crippen molar-refractivity contribution in [1.82, 2.24) is 10.6 Å². The van der Waals surface area contributed by atoms with E-state index in [-0.39, 0.29) is 6.03 Å². The number of hydrogen-bond acceptors (Lipinski definition) is 5. The Balaban J connectivity index is 1.66. The lowest BCUT2D eigenvalue weighted by molar-refractivity contribution is 0.0921. The molecule has 1 aliphatic rings. The van der Waals surface area contributed by atoms with Crippen LogP contribution in [0.15, 0.2) is 24.3 Å². The molecule has 2 amide bonds. The number of amides is 2. The molecule has 23 heavy (non-hydrogen) atoms. The molecule has 0 spiro atoms. The first-order valence-electron chi connectivity index (χ1n) is 7.64. The van der Waals surface area contributed by atoms with Gasteiger partial charge in [0.1, 0.15) is 5.75 Å². The zero-order chi connectivity index (χ0) is 16.5. The van der Waals surface area contributed by atoms with Crippen molar-refractivity contribution in [2.45, 2.75) is 12.0 Å². The van der Waals surface area contributed by atoms with Crippen molar-refractivity contribution < 1.29 is 14.6 Å².